The Hall–Kier alpha value is -2.19. The van der Waals surface area contributed by atoms with Crippen molar-refractivity contribution in [3.8, 4) is 0 Å². The minimum absolute atomic E-state index is 0.515. The number of hydrogen-bond acceptors (Lipinski definition) is 2. The summed E-state index contributed by atoms with van der Waals surface area (Å²) >= 11 is 0. The van der Waals surface area contributed by atoms with Gasteiger partial charge in [0.05, 0.1) is 6.10 Å². The average molecular weight is 277 g/mol. The minimum atomic E-state index is -0.515. The lowest BCUT2D eigenvalue weighted by Crippen LogP contribution is -2.04. The highest BCUT2D eigenvalue weighted by Crippen LogP contribution is 2.27. The molecule has 0 aliphatic heterocycles. The summed E-state index contributed by atoms with van der Waals surface area (Å²) in [6.45, 7) is 4.17. The Morgan fingerprint density at radius 3 is 2.81 bits per heavy atom. The molecule has 1 heterocycles. The Balaban J connectivity index is 1.97. The van der Waals surface area contributed by atoms with Gasteiger partial charge in [0.1, 0.15) is 0 Å². The zero-order valence-electron chi connectivity index (χ0n) is 12.4. The highest BCUT2D eigenvalue weighted by atomic mass is 16.3. The van der Waals surface area contributed by atoms with Crippen molar-refractivity contribution < 1.29 is 5.11 Å². The lowest BCUT2D eigenvalue weighted by molar-refractivity contribution is 0.180. The molecule has 0 radical (unpaired) electrons. The summed E-state index contributed by atoms with van der Waals surface area (Å²) in [5.41, 5.74) is 4.59. The van der Waals surface area contributed by atoms with Crippen LogP contribution in [0.1, 0.15) is 28.4 Å². The molecule has 106 valence electrons. The molecule has 2 nitrogen and oxygen atoms in total. The third-order valence-corrected chi connectivity index (χ3v) is 3.99. The van der Waals surface area contributed by atoms with Crippen LogP contribution in [0.2, 0.25) is 0 Å². The van der Waals surface area contributed by atoms with Gasteiger partial charge in [0.2, 0.25) is 0 Å². The predicted octanol–water partition coefficient (Wildman–Crippen LogP) is 4.13. The van der Waals surface area contributed by atoms with Crippen LogP contribution >= 0.6 is 0 Å². The highest BCUT2D eigenvalue weighted by molar-refractivity contribution is 5.85. The summed E-state index contributed by atoms with van der Waals surface area (Å²) in [5, 5.41) is 12.8. The second kappa shape index (κ2) is 5.66. The van der Waals surface area contributed by atoms with Crippen LogP contribution in [0, 0.1) is 13.8 Å². The lowest BCUT2D eigenvalue weighted by Gasteiger charge is -2.15. The number of aromatic nitrogens is 1. The zero-order chi connectivity index (χ0) is 14.8. The topological polar surface area (TPSA) is 33.1 Å². The number of pyridine rings is 1. The van der Waals surface area contributed by atoms with Gasteiger partial charge >= 0.3 is 0 Å². The smallest absolute Gasteiger partial charge is 0.0837 e. The molecule has 0 spiro atoms. The first-order chi connectivity index (χ1) is 10.1. The SMILES string of the molecule is Cc1ccc(C)c(CC(O)c2cccc3ccncc23)c1. The van der Waals surface area contributed by atoms with Crippen LogP contribution in [0.5, 0.6) is 0 Å². The summed E-state index contributed by atoms with van der Waals surface area (Å²) in [7, 11) is 0. The molecular weight excluding hydrogens is 258 g/mol. The van der Waals surface area contributed by atoms with E-state index in [0.29, 0.717) is 6.42 Å². The van der Waals surface area contributed by atoms with Crippen LogP contribution in [-0.2, 0) is 6.42 Å². The van der Waals surface area contributed by atoms with Crippen LogP contribution < -0.4 is 0 Å². The van der Waals surface area contributed by atoms with Crippen molar-refractivity contribution in [3.63, 3.8) is 0 Å². The van der Waals surface area contributed by atoms with Crippen molar-refractivity contribution in [3.05, 3.63) is 77.1 Å². The second-order valence-corrected chi connectivity index (χ2v) is 5.59. The van der Waals surface area contributed by atoms with Crippen LogP contribution in [0.15, 0.2) is 54.9 Å². The summed E-state index contributed by atoms with van der Waals surface area (Å²) in [6.07, 6.45) is 3.72. The largest absolute Gasteiger partial charge is 0.388 e. The van der Waals surface area contributed by atoms with E-state index in [1.165, 1.54) is 16.7 Å². The first-order valence-corrected chi connectivity index (χ1v) is 7.22. The molecule has 2 aromatic carbocycles. The third kappa shape index (κ3) is 2.81. The van der Waals surface area contributed by atoms with E-state index in [-0.39, 0.29) is 0 Å². The highest BCUT2D eigenvalue weighted by Gasteiger charge is 2.13. The van der Waals surface area contributed by atoms with Gasteiger partial charge in [0, 0.05) is 24.2 Å². The number of hydrogen-bond donors (Lipinski definition) is 1. The number of benzene rings is 2. The van der Waals surface area contributed by atoms with E-state index < -0.39 is 6.10 Å². The van der Waals surface area contributed by atoms with E-state index in [1.54, 1.807) is 6.20 Å². The molecule has 0 saturated carbocycles. The average Bonchev–Trinajstić information content (AvgIpc) is 2.50. The van der Waals surface area contributed by atoms with Gasteiger partial charge in [0.25, 0.3) is 0 Å². The Labute approximate surface area is 125 Å². The molecule has 0 bridgehead atoms. The van der Waals surface area contributed by atoms with Crippen molar-refractivity contribution in [1.82, 2.24) is 4.98 Å². The van der Waals surface area contributed by atoms with Gasteiger partial charge in [-0.05, 0) is 42.0 Å². The maximum Gasteiger partial charge on any atom is 0.0837 e. The van der Waals surface area contributed by atoms with E-state index in [2.05, 4.69) is 37.0 Å². The summed E-state index contributed by atoms with van der Waals surface area (Å²) in [6, 6.07) is 14.4. The van der Waals surface area contributed by atoms with Crippen molar-refractivity contribution in [2.75, 3.05) is 0 Å². The molecule has 0 amide bonds. The van der Waals surface area contributed by atoms with Crippen molar-refractivity contribution in [2.45, 2.75) is 26.4 Å². The number of rotatable bonds is 3. The van der Waals surface area contributed by atoms with Crippen molar-refractivity contribution in [1.29, 1.82) is 0 Å². The van der Waals surface area contributed by atoms with Crippen LogP contribution in [0.3, 0.4) is 0 Å². The van der Waals surface area contributed by atoms with Gasteiger partial charge < -0.3 is 5.11 Å². The monoisotopic (exact) mass is 277 g/mol. The number of aryl methyl sites for hydroxylation is 2. The van der Waals surface area contributed by atoms with E-state index in [4.69, 9.17) is 0 Å². The van der Waals surface area contributed by atoms with E-state index >= 15 is 0 Å². The number of nitrogens with zero attached hydrogens (tertiary/aromatic N) is 1. The summed E-state index contributed by atoms with van der Waals surface area (Å²) in [4.78, 5) is 4.18. The van der Waals surface area contributed by atoms with Gasteiger partial charge in [-0.1, -0.05) is 42.0 Å². The van der Waals surface area contributed by atoms with Gasteiger partial charge in [-0.25, -0.2) is 0 Å². The quantitative estimate of drug-likeness (QED) is 0.781. The van der Waals surface area contributed by atoms with E-state index in [1.807, 2.05) is 30.5 Å². The normalized spacial score (nSPS) is 12.5. The molecule has 3 rings (SSSR count). The van der Waals surface area contributed by atoms with Crippen molar-refractivity contribution in [2.24, 2.45) is 0 Å². The van der Waals surface area contributed by atoms with Gasteiger partial charge in [0.15, 0.2) is 0 Å². The van der Waals surface area contributed by atoms with Gasteiger partial charge in [-0.3, -0.25) is 4.98 Å². The molecule has 1 aromatic heterocycles. The Bertz CT molecular complexity index is 774. The maximum absolute atomic E-state index is 10.7. The number of aliphatic hydroxyl groups is 1. The molecule has 2 heteroatoms. The molecule has 0 aliphatic carbocycles. The molecule has 3 aromatic rings. The Morgan fingerprint density at radius 2 is 1.95 bits per heavy atom. The maximum atomic E-state index is 10.7. The van der Waals surface area contributed by atoms with Gasteiger partial charge in [-0.15, -0.1) is 0 Å². The Morgan fingerprint density at radius 1 is 1.10 bits per heavy atom. The molecule has 1 N–H and O–H groups in total. The minimum Gasteiger partial charge on any atom is -0.388 e. The van der Waals surface area contributed by atoms with Gasteiger partial charge in [-0.2, -0.15) is 0 Å². The second-order valence-electron chi connectivity index (χ2n) is 5.59. The number of fused-ring (bicyclic) bond motifs is 1. The fraction of sp³-hybridized carbons (Fsp3) is 0.211. The molecule has 0 fully saturated rings. The molecule has 0 saturated heterocycles. The standard InChI is InChI=1S/C19H19NO/c1-13-6-7-14(2)16(10-13)11-19(21)17-5-3-4-15-8-9-20-12-18(15)17/h3-10,12,19,21H,11H2,1-2H3. The summed E-state index contributed by atoms with van der Waals surface area (Å²) in [5.74, 6) is 0. The van der Waals surface area contributed by atoms with Crippen molar-refractivity contribution >= 4 is 10.8 Å². The third-order valence-electron chi connectivity index (χ3n) is 3.99. The molecule has 1 unspecified atom stereocenters. The van der Waals surface area contributed by atoms with Crippen LogP contribution in [0.4, 0.5) is 0 Å². The van der Waals surface area contributed by atoms with E-state index in [0.717, 1.165) is 16.3 Å². The molecule has 1 atom stereocenters. The number of aliphatic hydroxyl groups excluding tert-OH is 1. The van der Waals surface area contributed by atoms with Crippen LogP contribution in [0.25, 0.3) is 10.8 Å². The molecular formula is C19H19NO. The summed E-state index contributed by atoms with van der Waals surface area (Å²) < 4.78 is 0. The first kappa shape index (κ1) is 13.8. The molecule has 0 aliphatic rings. The first-order valence-electron chi connectivity index (χ1n) is 7.22. The lowest BCUT2D eigenvalue weighted by atomic mass is 9.94. The molecule has 21 heavy (non-hydrogen) atoms. The predicted molar refractivity (Wildman–Crippen MR) is 86.3 cm³/mol. The fourth-order valence-electron chi connectivity index (χ4n) is 2.77. The van der Waals surface area contributed by atoms with E-state index in [9.17, 15) is 5.11 Å². The fourth-order valence-corrected chi connectivity index (χ4v) is 2.77. The Kier molecular flexibility index (Phi) is 3.72. The zero-order valence-corrected chi connectivity index (χ0v) is 12.4. The van der Waals surface area contributed by atoms with Crippen LogP contribution in [-0.4, -0.2) is 10.1 Å².